The van der Waals surface area contributed by atoms with Gasteiger partial charge in [0.2, 0.25) is 5.95 Å². The van der Waals surface area contributed by atoms with Crippen molar-refractivity contribution in [1.29, 1.82) is 0 Å². The van der Waals surface area contributed by atoms with Crippen LogP contribution in [0.2, 0.25) is 0 Å². The highest BCUT2D eigenvalue weighted by atomic mass is 19.1. The fraction of sp³-hybridized carbons (Fsp3) is 0.0556. The second kappa shape index (κ2) is 6.40. The molecule has 0 unspecified atom stereocenters. The van der Waals surface area contributed by atoms with Crippen LogP contribution in [0.1, 0.15) is 5.56 Å². The highest BCUT2D eigenvalue weighted by Crippen LogP contribution is 2.20. The minimum Gasteiger partial charge on any atom is -0.351 e. The Kier molecular flexibility index (Phi) is 3.92. The Morgan fingerprint density at radius 1 is 1.04 bits per heavy atom. The van der Waals surface area contributed by atoms with Crippen molar-refractivity contribution in [2.45, 2.75) is 6.54 Å². The van der Waals surface area contributed by atoms with Crippen molar-refractivity contribution < 1.29 is 8.78 Å². The van der Waals surface area contributed by atoms with E-state index in [0.29, 0.717) is 16.9 Å². The molecule has 130 valence electrons. The first kappa shape index (κ1) is 15.9. The summed E-state index contributed by atoms with van der Waals surface area (Å²) in [5, 5.41) is 9.30. The van der Waals surface area contributed by atoms with E-state index in [1.54, 1.807) is 6.07 Å². The Morgan fingerprint density at radius 2 is 1.77 bits per heavy atom. The lowest BCUT2D eigenvalue weighted by molar-refractivity contribution is 0.580. The maximum Gasteiger partial charge on any atom is 0.350 e. The van der Waals surface area contributed by atoms with Gasteiger partial charge in [0.05, 0.1) is 5.69 Å². The van der Waals surface area contributed by atoms with Crippen molar-refractivity contribution in [1.82, 2.24) is 19.6 Å². The summed E-state index contributed by atoms with van der Waals surface area (Å²) >= 11 is 0. The molecule has 0 spiro atoms. The molecule has 0 amide bonds. The van der Waals surface area contributed by atoms with Crippen molar-refractivity contribution in [2.75, 3.05) is 5.32 Å². The van der Waals surface area contributed by atoms with Gasteiger partial charge in [-0.05, 0) is 17.7 Å². The third-order valence-corrected chi connectivity index (χ3v) is 3.84. The first-order chi connectivity index (χ1) is 12.6. The normalized spacial score (nSPS) is 11.0. The van der Waals surface area contributed by atoms with E-state index in [9.17, 15) is 13.6 Å². The summed E-state index contributed by atoms with van der Waals surface area (Å²) in [6.07, 6.45) is 0. The third kappa shape index (κ3) is 3.04. The van der Waals surface area contributed by atoms with Gasteiger partial charge in [-0.15, -0.1) is 0 Å². The van der Waals surface area contributed by atoms with Gasteiger partial charge in [-0.25, -0.2) is 28.1 Å². The SMILES string of the molecule is O=c1[nH]nc2cc(-c3ccccc3)nc(NCc3cc(F)cc(F)c3)n12. The molecule has 0 aliphatic carbocycles. The van der Waals surface area contributed by atoms with Crippen molar-refractivity contribution in [2.24, 2.45) is 0 Å². The van der Waals surface area contributed by atoms with Gasteiger partial charge in [-0.1, -0.05) is 30.3 Å². The summed E-state index contributed by atoms with van der Waals surface area (Å²) in [4.78, 5) is 16.5. The topological polar surface area (TPSA) is 75.1 Å². The van der Waals surface area contributed by atoms with Crippen molar-refractivity contribution in [3.63, 3.8) is 0 Å². The Morgan fingerprint density at radius 3 is 2.50 bits per heavy atom. The number of halogens is 2. The average Bonchev–Trinajstić information content (AvgIpc) is 3.01. The van der Waals surface area contributed by atoms with Crippen LogP contribution in [-0.2, 0) is 6.54 Å². The largest absolute Gasteiger partial charge is 0.351 e. The lowest BCUT2D eigenvalue weighted by Crippen LogP contribution is -2.16. The zero-order valence-corrected chi connectivity index (χ0v) is 13.4. The van der Waals surface area contributed by atoms with Gasteiger partial charge in [-0.3, -0.25) is 0 Å². The van der Waals surface area contributed by atoms with Crippen LogP contribution in [0, 0.1) is 11.6 Å². The number of H-pyrrole nitrogens is 1. The minimum atomic E-state index is -0.668. The average molecular weight is 353 g/mol. The summed E-state index contributed by atoms with van der Waals surface area (Å²) in [7, 11) is 0. The number of benzene rings is 2. The Bertz CT molecular complexity index is 1120. The Balaban J connectivity index is 1.75. The zero-order valence-electron chi connectivity index (χ0n) is 13.4. The summed E-state index contributed by atoms with van der Waals surface area (Å²) in [5.74, 6) is -1.11. The van der Waals surface area contributed by atoms with Gasteiger partial charge in [0, 0.05) is 24.2 Å². The predicted molar refractivity (Wildman–Crippen MR) is 92.7 cm³/mol. The second-order valence-corrected chi connectivity index (χ2v) is 5.68. The molecule has 0 aliphatic heterocycles. The molecule has 0 saturated heterocycles. The van der Waals surface area contributed by atoms with Crippen LogP contribution in [0.15, 0.2) is 59.4 Å². The number of rotatable bonds is 4. The van der Waals surface area contributed by atoms with E-state index in [-0.39, 0.29) is 12.5 Å². The van der Waals surface area contributed by atoms with E-state index in [1.807, 2.05) is 30.3 Å². The number of nitrogens with one attached hydrogen (secondary N) is 2. The van der Waals surface area contributed by atoms with Gasteiger partial charge >= 0.3 is 5.69 Å². The fourth-order valence-corrected chi connectivity index (χ4v) is 2.70. The molecule has 0 fully saturated rings. The van der Waals surface area contributed by atoms with Crippen LogP contribution in [-0.4, -0.2) is 19.6 Å². The molecule has 2 aromatic heterocycles. The van der Waals surface area contributed by atoms with Gasteiger partial charge in [-0.2, -0.15) is 5.10 Å². The molecule has 0 bridgehead atoms. The van der Waals surface area contributed by atoms with E-state index >= 15 is 0 Å². The summed E-state index contributed by atoms with van der Waals surface area (Å²) in [6, 6.07) is 14.3. The first-order valence-corrected chi connectivity index (χ1v) is 7.82. The summed E-state index contributed by atoms with van der Waals surface area (Å²) in [6.45, 7) is 0.0899. The summed E-state index contributed by atoms with van der Waals surface area (Å²) in [5.41, 5.74) is 1.78. The van der Waals surface area contributed by atoms with E-state index in [2.05, 4.69) is 20.5 Å². The number of anilines is 1. The third-order valence-electron chi connectivity index (χ3n) is 3.84. The molecule has 0 aliphatic rings. The quantitative estimate of drug-likeness (QED) is 0.591. The smallest absolute Gasteiger partial charge is 0.350 e. The number of fused-ring (bicyclic) bond motifs is 1. The van der Waals surface area contributed by atoms with E-state index in [4.69, 9.17) is 0 Å². The lowest BCUT2D eigenvalue weighted by Gasteiger charge is -2.10. The first-order valence-electron chi connectivity index (χ1n) is 7.82. The van der Waals surface area contributed by atoms with E-state index < -0.39 is 17.3 Å². The van der Waals surface area contributed by atoms with Crippen LogP contribution in [0.3, 0.4) is 0 Å². The number of hydrogen-bond acceptors (Lipinski definition) is 4. The maximum absolute atomic E-state index is 13.4. The molecule has 0 radical (unpaired) electrons. The van der Waals surface area contributed by atoms with Gasteiger partial charge < -0.3 is 5.32 Å². The molecule has 0 saturated carbocycles. The highest BCUT2D eigenvalue weighted by Gasteiger charge is 2.12. The van der Waals surface area contributed by atoms with E-state index in [1.165, 1.54) is 16.5 Å². The Hall–Kier alpha value is -3.55. The lowest BCUT2D eigenvalue weighted by atomic mass is 10.1. The molecule has 8 heteroatoms. The molecule has 4 rings (SSSR count). The molecule has 2 aromatic carbocycles. The molecule has 0 atom stereocenters. The zero-order chi connectivity index (χ0) is 18.1. The highest BCUT2D eigenvalue weighted by molar-refractivity contribution is 5.65. The van der Waals surface area contributed by atoms with Gasteiger partial charge in [0.25, 0.3) is 0 Å². The molecule has 26 heavy (non-hydrogen) atoms. The number of nitrogens with zero attached hydrogens (tertiary/aromatic N) is 3. The summed E-state index contributed by atoms with van der Waals surface area (Å²) < 4.78 is 28.0. The fourth-order valence-electron chi connectivity index (χ4n) is 2.70. The van der Waals surface area contributed by atoms with Crippen LogP contribution in [0.5, 0.6) is 0 Å². The minimum absolute atomic E-state index is 0.0899. The van der Waals surface area contributed by atoms with Crippen molar-refractivity contribution in [3.05, 3.63) is 82.3 Å². The molecule has 4 aromatic rings. The standard InChI is InChI=1S/C18H13F2N5O/c19-13-6-11(7-14(20)8-13)10-21-17-22-15(12-4-2-1-3-5-12)9-16-23-24-18(26)25(16)17/h1-9H,10H2,(H,21,22)(H,24,26). The molecular formula is C18H13F2N5O. The number of aromatic amines is 1. The predicted octanol–water partition coefficient (Wildman–Crippen LogP) is 2.97. The van der Waals surface area contributed by atoms with E-state index in [0.717, 1.165) is 11.6 Å². The van der Waals surface area contributed by atoms with Crippen LogP contribution < -0.4 is 11.0 Å². The monoisotopic (exact) mass is 353 g/mol. The van der Waals surface area contributed by atoms with Crippen LogP contribution in [0.25, 0.3) is 16.9 Å². The van der Waals surface area contributed by atoms with Gasteiger partial charge in [0.1, 0.15) is 11.6 Å². The number of hydrogen-bond donors (Lipinski definition) is 2. The van der Waals surface area contributed by atoms with Crippen LogP contribution in [0.4, 0.5) is 14.7 Å². The molecular weight excluding hydrogens is 340 g/mol. The van der Waals surface area contributed by atoms with Crippen molar-refractivity contribution in [3.8, 4) is 11.3 Å². The maximum atomic E-state index is 13.4. The molecule has 2 N–H and O–H groups in total. The van der Waals surface area contributed by atoms with Crippen LogP contribution >= 0.6 is 0 Å². The van der Waals surface area contributed by atoms with Crippen molar-refractivity contribution >= 4 is 11.6 Å². The molecule has 2 heterocycles. The Labute approximate surface area is 146 Å². The number of aromatic nitrogens is 4. The van der Waals surface area contributed by atoms with Gasteiger partial charge in [0.15, 0.2) is 5.65 Å². The molecule has 6 nitrogen and oxygen atoms in total. The second-order valence-electron chi connectivity index (χ2n) is 5.68.